The summed E-state index contributed by atoms with van der Waals surface area (Å²) in [5.41, 5.74) is 1.89. The van der Waals surface area contributed by atoms with Gasteiger partial charge in [0.15, 0.2) is 0 Å². The van der Waals surface area contributed by atoms with Crippen molar-refractivity contribution in [3.05, 3.63) is 60.2 Å². The van der Waals surface area contributed by atoms with E-state index in [0.717, 1.165) is 11.3 Å². The number of imide groups is 1. The summed E-state index contributed by atoms with van der Waals surface area (Å²) >= 11 is 0. The van der Waals surface area contributed by atoms with Gasteiger partial charge in [0, 0.05) is 45.0 Å². The Balaban J connectivity index is 1.18. The van der Waals surface area contributed by atoms with Gasteiger partial charge in [-0.2, -0.15) is 4.31 Å². The predicted molar refractivity (Wildman–Crippen MR) is 130 cm³/mol. The average molecular weight is 499 g/mol. The Morgan fingerprint density at radius 1 is 0.829 bits per heavy atom. The Kier molecular flexibility index (Phi) is 6.88. The topological polar surface area (TPSA) is 90.5 Å². The molecule has 0 saturated carbocycles. The molecule has 0 bridgehead atoms. The quantitative estimate of drug-likeness (QED) is 0.552. The fraction of sp³-hybridized carbons (Fsp3) is 0.440. The molecule has 3 aliphatic heterocycles. The largest absolute Gasteiger partial charge is 0.379 e. The first-order chi connectivity index (χ1) is 16.9. The van der Waals surface area contributed by atoms with E-state index in [1.54, 1.807) is 12.1 Å². The zero-order valence-electron chi connectivity index (χ0n) is 19.6. The van der Waals surface area contributed by atoms with Crippen LogP contribution in [0.25, 0.3) is 0 Å². The molecular formula is C25H30N4O5S. The van der Waals surface area contributed by atoms with Crippen molar-refractivity contribution in [1.82, 2.24) is 14.1 Å². The van der Waals surface area contributed by atoms with Crippen molar-refractivity contribution in [3.8, 4) is 0 Å². The second-order valence-electron chi connectivity index (χ2n) is 9.06. The first kappa shape index (κ1) is 23.9. The third-order valence-corrected chi connectivity index (χ3v) is 8.88. The molecule has 3 aliphatic rings. The fourth-order valence-electron chi connectivity index (χ4n) is 4.94. The van der Waals surface area contributed by atoms with Crippen LogP contribution < -0.4 is 4.90 Å². The number of ether oxygens (including phenoxy) is 1. The maximum Gasteiger partial charge on any atom is 0.247 e. The molecule has 186 valence electrons. The van der Waals surface area contributed by atoms with Crippen LogP contribution in [0.5, 0.6) is 0 Å². The van der Waals surface area contributed by atoms with Crippen LogP contribution in [-0.4, -0.2) is 92.9 Å². The van der Waals surface area contributed by atoms with Gasteiger partial charge in [0.05, 0.1) is 37.1 Å². The van der Waals surface area contributed by atoms with Gasteiger partial charge in [-0.3, -0.25) is 19.4 Å². The molecular weight excluding hydrogens is 468 g/mol. The summed E-state index contributed by atoms with van der Waals surface area (Å²) in [4.78, 5) is 31.5. The number of nitrogens with zero attached hydrogens (tertiary/aromatic N) is 4. The van der Waals surface area contributed by atoms with Crippen molar-refractivity contribution in [3.63, 3.8) is 0 Å². The highest BCUT2D eigenvalue weighted by molar-refractivity contribution is 7.89. The highest BCUT2D eigenvalue weighted by atomic mass is 32.2. The first-order valence-electron chi connectivity index (χ1n) is 12.0. The van der Waals surface area contributed by atoms with E-state index >= 15 is 0 Å². The molecule has 0 aromatic heterocycles. The number of amides is 2. The number of anilines is 1. The lowest BCUT2D eigenvalue weighted by Crippen LogP contribution is -2.52. The predicted octanol–water partition coefficient (Wildman–Crippen LogP) is 1.16. The minimum Gasteiger partial charge on any atom is -0.379 e. The van der Waals surface area contributed by atoms with Gasteiger partial charge in [0.1, 0.15) is 0 Å². The molecule has 0 N–H and O–H groups in total. The summed E-state index contributed by atoms with van der Waals surface area (Å²) in [7, 11) is -3.52. The van der Waals surface area contributed by atoms with Crippen molar-refractivity contribution in [2.75, 3.05) is 57.4 Å². The van der Waals surface area contributed by atoms with Crippen molar-refractivity contribution in [1.29, 1.82) is 0 Å². The van der Waals surface area contributed by atoms with Crippen LogP contribution in [-0.2, 0) is 30.9 Å². The second-order valence-corrected chi connectivity index (χ2v) is 11.0. The van der Waals surface area contributed by atoms with Crippen LogP contribution in [0.3, 0.4) is 0 Å². The van der Waals surface area contributed by atoms with E-state index in [0.29, 0.717) is 59.0 Å². The van der Waals surface area contributed by atoms with Gasteiger partial charge in [-0.15, -0.1) is 0 Å². The molecule has 35 heavy (non-hydrogen) atoms. The van der Waals surface area contributed by atoms with Crippen molar-refractivity contribution in [2.45, 2.75) is 23.9 Å². The highest BCUT2D eigenvalue weighted by Crippen LogP contribution is 2.25. The van der Waals surface area contributed by atoms with Crippen molar-refractivity contribution in [2.24, 2.45) is 0 Å². The molecule has 5 rings (SSSR count). The van der Waals surface area contributed by atoms with E-state index in [2.05, 4.69) is 9.80 Å². The van der Waals surface area contributed by atoms with E-state index in [-0.39, 0.29) is 23.1 Å². The van der Waals surface area contributed by atoms with Gasteiger partial charge in [-0.05, 0) is 29.8 Å². The average Bonchev–Trinajstić information content (AvgIpc) is 3.18. The molecule has 0 unspecified atom stereocenters. The SMILES string of the molecule is O=C1C[C@@H](N2CCN(c3ccc(S(=O)(=O)N4CCOCC4)cc3)CC2)C(=O)N1Cc1ccccc1. The second kappa shape index (κ2) is 10.1. The number of hydrogen-bond donors (Lipinski definition) is 0. The zero-order valence-corrected chi connectivity index (χ0v) is 20.4. The molecule has 0 spiro atoms. The smallest absolute Gasteiger partial charge is 0.247 e. The summed E-state index contributed by atoms with van der Waals surface area (Å²) in [6.45, 7) is 4.62. The number of piperazine rings is 1. The van der Waals surface area contributed by atoms with Gasteiger partial charge < -0.3 is 9.64 Å². The maximum absolute atomic E-state index is 13.0. The summed E-state index contributed by atoms with van der Waals surface area (Å²) in [5, 5.41) is 0. The Labute approximate surface area is 205 Å². The fourth-order valence-corrected chi connectivity index (χ4v) is 6.35. The van der Waals surface area contributed by atoms with E-state index in [1.807, 2.05) is 42.5 Å². The standard InChI is InChI=1S/C25H30N4O5S/c30-24-18-23(25(31)29(24)19-20-4-2-1-3-5-20)27-12-10-26(11-13-27)21-6-8-22(9-7-21)35(32,33)28-14-16-34-17-15-28/h1-9,23H,10-19H2/t23-/m1/s1. The Bertz CT molecular complexity index is 1160. The molecule has 0 aliphatic carbocycles. The molecule has 2 aromatic carbocycles. The Morgan fingerprint density at radius 2 is 1.49 bits per heavy atom. The molecule has 9 nitrogen and oxygen atoms in total. The highest BCUT2D eigenvalue weighted by Gasteiger charge is 2.42. The monoisotopic (exact) mass is 498 g/mol. The lowest BCUT2D eigenvalue weighted by Gasteiger charge is -2.38. The molecule has 10 heteroatoms. The van der Waals surface area contributed by atoms with Crippen LogP contribution in [0, 0.1) is 0 Å². The number of morpholine rings is 1. The van der Waals surface area contributed by atoms with Gasteiger partial charge >= 0.3 is 0 Å². The molecule has 0 radical (unpaired) electrons. The summed E-state index contributed by atoms with van der Waals surface area (Å²) < 4.78 is 32.4. The molecule has 3 heterocycles. The van der Waals surface area contributed by atoms with Gasteiger partial charge in [-0.1, -0.05) is 30.3 Å². The number of carbonyl (C=O) groups excluding carboxylic acids is 2. The van der Waals surface area contributed by atoms with E-state index in [4.69, 9.17) is 4.74 Å². The third kappa shape index (κ3) is 4.97. The molecule has 3 fully saturated rings. The number of rotatable bonds is 6. The van der Waals surface area contributed by atoms with Crippen LogP contribution in [0.15, 0.2) is 59.5 Å². The Hall–Kier alpha value is -2.79. The molecule has 2 amide bonds. The lowest BCUT2D eigenvalue weighted by molar-refractivity contribution is -0.140. The van der Waals surface area contributed by atoms with Gasteiger partial charge in [0.2, 0.25) is 21.8 Å². The number of likely N-dealkylation sites (tertiary alicyclic amines) is 1. The number of sulfonamides is 1. The number of benzene rings is 2. The summed E-state index contributed by atoms with van der Waals surface area (Å²) in [5.74, 6) is -0.242. The normalized spacial score (nSPS) is 22.7. The number of carbonyl (C=O) groups is 2. The van der Waals surface area contributed by atoms with Crippen LogP contribution in [0.4, 0.5) is 5.69 Å². The van der Waals surface area contributed by atoms with Crippen LogP contribution in [0.1, 0.15) is 12.0 Å². The van der Waals surface area contributed by atoms with Crippen molar-refractivity contribution < 1.29 is 22.7 Å². The molecule has 2 aromatic rings. The number of hydrogen-bond acceptors (Lipinski definition) is 7. The molecule has 1 atom stereocenters. The minimum absolute atomic E-state index is 0.120. The summed E-state index contributed by atoms with van der Waals surface area (Å²) in [6, 6.07) is 16.2. The van der Waals surface area contributed by atoms with Crippen LogP contribution >= 0.6 is 0 Å². The first-order valence-corrected chi connectivity index (χ1v) is 13.4. The van der Waals surface area contributed by atoms with E-state index < -0.39 is 16.1 Å². The summed E-state index contributed by atoms with van der Waals surface area (Å²) in [6.07, 6.45) is 0.222. The minimum atomic E-state index is -3.52. The van der Waals surface area contributed by atoms with Crippen molar-refractivity contribution >= 4 is 27.5 Å². The third-order valence-electron chi connectivity index (χ3n) is 6.97. The van der Waals surface area contributed by atoms with Crippen LogP contribution in [0.2, 0.25) is 0 Å². The zero-order chi connectivity index (χ0) is 24.4. The van der Waals surface area contributed by atoms with Gasteiger partial charge in [0.25, 0.3) is 0 Å². The van der Waals surface area contributed by atoms with E-state index in [1.165, 1.54) is 9.21 Å². The molecule has 3 saturated heterocycles. The Morgan fingerprint density at radius 3 is 2.14 bits per heavy atom. The van der Waals surface area contributed by atoms with Gasteiger partial charge in [-0.25, -0.2) is 8.42 Å². The van der Waals surface area contributed by atoms with E-state index in [9.17, 15) is 18.0 Å². The lowest BCUT2D eigenvalue weighted by atomic mass is 10.1. The maximum atomic E-state index is 13.0.